The van der Waals surface area contributed by atoms with Crippen LogP contribution >= 0.6 is 0 Å². The van der Waals surface area contributed by atoms with Crippen LogP contribution in [0.4, 0.5) is 4.79 Å². The average Bonchev–Trinajstić information content (AvgIpc) is 3.29. The number of amides is 2. The predicted molar refractivity (Wildman–Crippen MR) is 171 cm³/mol. The number of nitrogens with one attached hydrogen (secondary N) is 1. The van der Waals surface area contributed by atoms with Gasteiger partial charge in [0.2, 0.25) is 11.8 Å². The van der Waals surface area contributed by atoms with Gasteiger partial charge in [0.1, 0.15) is 23.6 Å². The van der Waals surface area contributed by atoms with Crippen molar-refractivity contribution in [3.63, 3.8) is 0 Å². The van der Waals surface area contributed by atoms with E-state index in [2.05, 4.69) is 12.2 Å². The molecule has 246 valence electrons. The number of hydrogen-bond donors (Lipinski definition) is 2. The van der Waals surface area contributed by atoms with Crippen molar-refractivity contribution in [2.75, 3.05) is 13.7 Å². The van der Waals surface area contributed by atoms with Gasteiger partial charge in [-0.1, -0.05) is 72.6 Å². The highest BCUT2D eigenvalue weighted by Gasteiger charge is 2.70. The number of aromatic nitrogens is 2. The Hall–Kier alpha value is -3.43. The van der Waals surface area contributed by atoms with E-state index in [0.717, 1.165) is 42.8 Å². The number of fused-ring (bicyclic) bond motifs is 1. The van der Waals surface area contributed by atoms with E-state index < -0.39 is 41.0 Å². The van der Waals surface area contributed by atoms with Gasteiger partial charge in [-0.05, 0) is 55.6 Å². The fourth-order valence-electron chi connectivity index (χ4n) is 7.90. The van der Waals surface area contributed by atoms with Gasteiger partial charge in [-0.2, -0.15) is 0 Å². The summed E-state index contributed by atoms with van der Waals surface area (Å²) in [6.07, 6.45) is 9.72. The number of carbonyl (C=O) groups excluding carboxylic acids is 2. The molecule has 0 radical (unpaired) electrons. The molecular weight excluding hydrogens is 572 g/mol. The van der Waals surface area contributed by atoms with Crippen LogP contribution < -0.4 is 14.8 Å². The Bertz CT molecular complexity index is 1420. The fourth-order valence-corrected chi connectivity index (χ4v) is 7.90. The minimum Gasteiger partial charge on any atom is -0.497 e. The summed E-state index contributed by atoms with van der Waals surface area (Å²) in [5.41, 5.74) is 0.917. The van der Waals surface area contributed by atoms with Crippen LogP contribution in [-0.4, -0.2) is 69.6 Å². The zero-order chi connectivity index (χ0) is 32.5. The third-order valence-electron chi connectivity index (χ3n) is 10.4. The van der Waals surface area contributed by atoms with Crippen molar-refractivity contribution >= 4 is 28.8 Å². The number of carbonyl (C=O) groups is 3. The topological polar surface area (TPSA) is 131 Å². The van der Waals surface area contributed by atoms with E-state index in [-0.39, 0.29) is 18.2 Å². The summed E-state index contributed by atoms with van der Waals surface area (Å²) in [7, 11) is 1.61. The lowest BCUT2D eigenvalue weighted by Crippen LogP contribution is -2.57. The lowest BCUT2D eigenvalue weighted by atomic mass is 9.85. The number of methoxy groups -OCH3 is 1. The SMILES string of the molecule is COc1ccc2nc(CCCCCC3CCCC3)c(OC3CN(C(=O)[C@@H](NC(=O)O)C(C)(C)C)[C@H](C(C)=O)[C@]34C[C@@H]4C)nc2c1. The predicted octanol–water partition coefficient (Wildman–Crippen LogP) is 6.19. The average molecular weight is 623 g/mol. The van der Waals surface area contributed by atoms with Gasteiger partial charge in [-0.15, -0.1) is 0 Å². The first-order valence-corrected chi connectivity index (χ1v) is 16.7. The second-order valence-corrected chi connectivity index (χ2v) is 14.7. The second kappa shape index (κ2) is 13.1. The van der Waals surface area contributed by atoms with Crippen LogP contribution in [0.1, 0.15) is 98.1 Å². The van der Waals surface area contributed by atoms with Crippen LogP contribution in [-0.2, 0) is 16.0 Å². The fraction of sp³-hybridized carbons (Fsp3) is 0.686. The highest BCUT2D eigenvalue weighted by molar-refractivity contribution is 5.93. The van der Waals surface area contributed by atoms with Gasteiger partial charge in [0.05, 0.1) is 30.7 Å². The molecular formula is C35H50N4O6. The van der Waals surface area contributed by atoms with Gasteiger partial charge in [0, 0.05) is 11.5 Å². The lowest BCUT2D eigenvalue weighted by molar-refractivity contribution is -0.141. The van der Waals surface area contributed by atoms with Crippen molar-refractivity contribution in [1.29, 1.82) is 0 Å². The molecule has 1 aromatic heterocycles. The third kappa shape index (κ3) is 6.89. The van der Waals surface area contributed by atoms with Crippen LogP contribution in [0.3, 0.4) is 0 Å². The van der Waals surface area contributed by atoms with Gasteiger partial charge in [0.25, 0.3) is 0 Å². The standard InChI is InChI=1S/C35H50N4O6/c1-21-19-35(21)28(20-39(30(35)22(2)40)32(41)29(34(3,4)5)38-33(42)43)45-31-26(15-9-7-8-12-23-13-10-11-14-23)36-25-17-16-24(44-6)18-27(25)37-31/h16-18,21,23,28-30,38H,7-15,19-20H2,1-6H3,(H,42,43)/t21-,28?,29+,30+,35-/m0/s1. The number of Topliss-reactive ketones (excluding diaryl/α,β-unsaturated/α-hetero) is 1. The van der Waals surface area contributed by atoms with Gasteiger partial charge >= 0.3 is 6.09 Å². The minimum absolute atomic E-state index is 0.126. The Kier molecular flexibility index (Phi) is 9.61. The summed E-state index contributed by atoms with van der Waals surface area (Å²) in [4.78, 5) is 50.4. The summed E-state index contributed by atoms with van der Waals surface area (Å²) in [5, 5.41) is 11.9. The summed E-state index contributed by atoms with van der Waals surface area (Å²) in [5.74, 6) is 1.58. The number of unbranched alkanes of at least 4 members (excludes halogenated alkanes) is 2. The van der Waals surface area contributed by atoms with Gasteiger partial charge in [0.15, 0.2) is 5.78 Å². The van der Waals surface area contributed by atoms with E-state index in [0.29, 0.717) is 17.1 Å². The first kappa shape index (κ1) is 32.9. The van der Waals surface area contributed by atoms with E-state index in [9.17, 15) is 19.5 Å². The summed E-state index contributed by atoms with van der Waals surface area (Å²) in [6, 6.07) is 3.89. The Morgan fingerprint density at radius 3 is 2.42 bits per heavy atom. The number of aryl methyl sites for hydroxylation is 1. The molecule has 5 atom stereocenters. The van der Waals surface area contributed by atoms with Crippen molar-refractivity contribution in [1.82, 2.24) is 20.2 Å². The monoisotopic (exact) mass is 622 g/mol. The summed E-state index contributed by atoms with van der Waals surface area (Å²) < 4.78 is 12.2. The Balaban J connectivity index is 1.43. The molecule has 2 heterocycles. The van der Waals surface area contributed by atoms with Crippen LogP contribution in [0.5, 0.6) is 11.6 Å². The van der Waals surface area contributed by atoms with Gasteiger partial charge in [-0.3, -0.25) is 9.59 Å². The molecule has 10 heteroatoms. The number of ether oxygens (including phenoxy) is 2. The quantitative estimate of drug-likeness (QED) is 0.268. The Labute approximate surface area is 266 Å². The number of hydrogen-bond acceptors (Lipinski definition) is 7. The normalized spacial score (nSPS) is 25.5. The molecule has 2 saturated carbocycles. The van der Waals surface area contributed by atoms with Crippen LogP contribution in [0, 0.1) is 22.7 Å². The molecule has 2 aromatic rings. The molecule has 1 aromatic carbocycles. The van der Waals surface area contributed by atoms with E-state index in [1.165, 1.54) is 45.4 Å². The molecule has 0 bridgehead atoms. The smallest absolute Gasteiger partial charge is 0.405 e. The van der Waals surface area contributed by atoms with Gasteiger partial charge in [-0.25, -0.2) is 14.8 Å². The first-order valence-electron chi connectivity index (χ1n) is 16.7. The van der Waals surface area contributed by atoms with E-state index in [4.69, 9.17) is 19.4 Å². The molecule has 3 aliphatic rings. The number of ketones is 1. The Morgan fingerprint density at radius 1 is 1.11 bits per heavy atom. The molecule has 10 nitrogen and oxygen atoms in total. The van der Waals surface area contributed by atoms with Crippen LogP contribution in [0.2, 0.25) is 0 Å². The largest absolute Gasteiger partial charge is 0.497 e. The summed E-state index contributed by atoms with van der Waals surface area (Å²) >= 11 is 0. The molecule has 2 N–H and O–H groups in total. The molecule has 1 unspecified atom stereocenters. The van der Waals surface area contributed by atoms with E-state index >= 15 is 0 Å². The molecule has 1 spiro atoms. The maximum atomic E-state index is 14.0. The molecule has 1 aliphatic heterocycles. The maximum Gasteiger partial charge on any atom is 0.405 e. The van der Waals surface area contributed by atoms with Crippen molar-refractivity contribution in [3.05, 3.63) is 23.9 Å². The molecule has 2 aliphatic carbocycles. The van der Waals surface area contributed by atoms with Crippen molar-refractivity contribution < 1.29 is 29.0 Å². The zero-order valence-corrected chi connectivity index (χ0v) is 27.7. The number of benzene rings is 1. The van der Waals surface area contributed by atoms with Crippen molar-refractivity contribution in [3.8, 4) is 11.6 Å². The van der Waals surface area contributed by atoms with Crippen molar-refractivity contribution in [2.45, 2.75) is 117 Å². The lowest BCUT2D eigenvalue weighted by Gasteiger charge is -2.35. The highest BCUT2D eigenvalue weighted by Crippen LogP contribution is 2.63. The summed E-state index contributed by atoms with van der Waals surface area (Å²) in [6.45, 7) is 9.20. The van der Waals surface area contributed by atoms with Gasteiger partial charge < -0.3 is 24.8 Å². The molecule has 5 rings (SSSR count). The number of likely N-dealkylation sites (tertiary alicyclic amines) is 1. The van der Waals surface area contributed by atoms with Crippen LogP contribution in [0.15, 0.2) is 18.2 Å². The van der Waals surface area contributed by atoms with Crippen molar-refractivity contribution in [2.24, 2.45) is 22.7 Å². The second-order valence-electron chi connectivity index (χ2n) is 14.7. The van der Waals surface area contributed by atoms with E-state index in [1.807, 2.05) is 39.0 Å². The molecule has 3 fully saturated rings. The minimum atomic E-state index is -1.28. The number of nitrogens with zero attached hydrogens (tertiary/aromatic N) is 3. The first-order chi connectivity index (χ1) is 21.3. The number of carboxylic acid groups (broad SMARTS) is 1. The van der Waals surface area contributed by atoms with Crippen LogP contribution in [0.25, 0.3) is 11.0 Å². The molecule has 1 saturated heterocycles. The maximum absolute atomic E-state index is 14.0. The highest BCUT2D eigenvalue weighted by atomic mass is 16.5. The zero-order valence-electron chi connectivity index (χ0n) is 27.7. The molecule has 2 amide bonds. The third-order valence-corrected chi connectivity index (χ3v) is 10.4. The molecule has 45 heavy (non-hydrogen) atoms. The Morgan fingerprint density at radius 2 is 1.82 bits per heavy atom. The number of rotatable bonds is 12. The van der Waals surface area contributed by atoms with E-state index in [1.54, 1.807) is 12.0 Å².